The van der Waals surface area contributed by atoms with Gasteiger partial charge in [-0.1, -0.05) is 0 Å². The van der Waals surface area contributed by atoms with E-state index in [4.69, 9.17) is 10.8 Å². The molecule has 3 unspecified atom stereocenters. The monoisotopic (exact) mass is 268 g/mol. The van der Waals surface area contributed by atoms with Crippen LogP contribution in [-0.2, 0) is 0 Å². The van der Waals surface area contributed by atoms with Gasteiger partial charge in [0.05, 0.1) is 12.5 Å². The van der Waals surface area contributed by atoms with Crippen LogP contribution < -0.4 is 5.73 Å². The maximum absolute atomic E-state index is 12.7. The number of aliphatic hydroxyl groups excluding tert-OH is 1. The standard InChI is InChI=1S/C12H23F3N2O/c1-9(6-11(2,16)8-18)17-5-3-4-10(7-17)12(13,14)15/h9-10,18H,3-8,16H2,1-2H3. The van der Waals surface area contributed by atoms with Crippen molar-refractivity contribution in [3.63, 3.8) is 0 Å². The minimum Gasteiger partial charge on any atom is -0.394 e. The first-order valence-electron chi connectivity index (χ1n) is 6.36. The highest BCUT2D eigenvalue weighted by Crippen LogP contribution is 2.34. The maximum Gasteiger partial charge on any atom is 0.393 e. The highest BCUT2D eigenvalue weighted by atomic mass is 19.4. The molecule has 1 aliphatic heterocycles. The fraction of sp³-hybridized carbons (Fsp3) is 1.00. The quantitative estimate of drug-likeness (QED) is 0.816. The molecule has 0 spiro atoms. The lowest BCUT2D eigenvalue weighted by atomic mass is 9.91. The summed E-state index contributed by atoms with van der Waals surface area (Å²) in [7, 11) is 0. The number of nitrogens with zero attached hydrogens (tertiary/aromatic N) is 1. The zero-order valence-corrected chi connectivity index (χ0v) is 11.0. The summed E-state index contributed by atoms with van der Waals surface area (Å²) in [6.07, 6.45) is -2.84. The van der Waals surface area contributed by atoms with Gasteiger partial charge in [-0.25, -0.2) is 0 Å². The summed E-state index contributed by atoms with van der Waals surface area (Å²) in [5.74, 6) is -1.23. The van der Waals surface area contributed by atoms with Crippen molar-refractivity contribution in [2.75, 3.05) is 19.7 Å². The van der Waals surface area contributed by atoms with E-state index in [9.17, 15) is 13.2 Å². The zero-order chi connectivity index (χ0) is 14.0. The summed E-state index contributed by atoms with van der Waals surface area (Å²) in [5, 5.41) is 9.10. The van der Waals surface area contributed by atoms with Crippen LogP contribution in [-0.4, -0.2) is 47.5 Å². The second-order valence-corrected chi connectivity index (χ2v) is 5.74. The largest absolute Gasteiger partial charge is 0.394 e. The molecule has 0 amide bonds. The van der Waals surface area contributed by atoms with Crippen LogP contribution >= 0.6 is 0 Å². The van der Waals surface area contributed by atoms with Crippen LogP contribution in [0.1, 0.15) is 33.1 Å². The lowest BCUT2D eigenvalue weighted by molar-refractivity contribution is -0.188. The molecule has 1 fully saturated rings. The third-order valence-electron chi connectivity index (χ3n) is 3.66. The minimum atomic E-state index is -4.11. The van der Waals surface area contributed by atoms with Gasteiger partial charge in [-0.3, -0.25) is 4.90 Å². The van der Waals surface area contributed by atoms with Gasteiger partial charge in [0.25, 0.3) is 0 Å². The van der Waals surface area contributed by atoms with E-state index in [1.54, 1.807) is 6.92 Å². The van der Waals surface area contributed by atoms with Gasteiger partial charge in [0.2, 0.25) is 0 Å². The molecule has 1 heterocycles. The fourth-order valence-corrected chi connectivity index (χ4v) is 2.54. The van der Waals surface area contributed by atoms with Crippen molar-refractivity contribution in [2.24, 2.45) is 11.7 Å². The maximum atomic E-state index is 12.7. The van der Waals surface area contributed by atoms with E-state index in [1.165, 1.54) is 0 Å². The number of rotatable bonds is 4. The van der Waals surface area contributed by atoms with Gasteiger partial charge < -0.3 is 10.8 Å². The summed E-state index contributed by atoms with van der Waals surface area (Å²) in [6, 6.07) is -0.0442. The smallest absolute Gasteiger partial charge is 0.393 e. The first kappa shape index (κ1) is 15.7. The number of alkyl halides is 3. The van der Waals surface area contributed by atoms with E-state index < -0.39 is 17.6 Å². The topological polar surface area (TPSA) is 49.5 Å². The van der Waals surface area contributed by atoms with Crippen molar-refractivity contribution < 1.29 is 18.3 Å². The van der Waals surface area contributed by atoms with E-state index in [0.717, 1.165) is 0 Å². The third kappa shape index (κ3) is 4.40. The molecule has 0 aromatic rings. The number of nitrogens with two attached hydrogens (primary N) is 1. The highest BCUT2D eigenvalue weighted by Gasteiger charge is 2.42. The Kier molecular flexibility index (Phi) is 5.03. The second-order valence-electron chi connectivity index (χ2n) is 5.74. The summed E-state index contributed by atoms with van der Waals surface area (Å²) in [5.41, 5.74) is 5.11. The van der Waals surface area contributed by atoms with E-state index in [-0.39, 0.29) is 25.6 Å². The summed E-state index contributed by atoms with van der Waals surface area (Å²) in [6.45, 7) is 4.16. The first-order valence-corrected chi connectivity index (χ1v) is 6.36. The molecule has 3 nitrogen and oxygen atoms in total. The van der Waals surface area contributed by atoms with E-state index in [2.05, 4.69) is 0 Å². The molecule has 18 heavy (non-hydrogen) atoms. The van der Waals surface area contributed by atoms with Crippen LogP contribution in [0.25, 0.3) is 0 Å². The van der Waals surface area contributed by atoms with Crippen LogP contribution in [0.4, 0.5) is 13.2 Å². The van der Waals surface area contributed by atoms with Crippen LogP contribution in [0.2, 0.25) is 0 Å². The molecule has 3 atom stereocenters. The van der Waals surface area contributed by atoms with Gasteiger partial charge in [-0.2, -0.15) is 13.2 Å². The van der Waals surface area contributed by atoms with Crippen molar-refractivity contribution >= 4 is 0 Å². The Labute approximate surface area is 106 Å². The molecule has 0 saturated carbocycles. The lowest BCUT2D eigenvalue weighted by Crippen LogP contribution is -2.51. The van der Waals surface area contributed by atoms with Gasteiger partial charge in [-0.05, 0) is 39.7 Å². The Hall–Kier alpha value is -0.330. The fourth-order valence-electron chi connectivity index (χ4n) is 2.54. The molecule has 108 valence electrons. The molecule has 3 N–H and O–H groups in total. The Morgan fingerprint density at radius 1 is 1.44 bits per heavy atom. The Bertz CT molecular complexity index is 269. The molecule has 1 saturated heterocycles. The average Bonchev–Trinajstić information content (AvgIpc) is 2.27. The number of halogens is 3. The van der Waals surface area contributed by atoms with Crippen LogP contribution in [0.15, 0.2) is 0 Å². The van der Waals surface area contributed by atoms with Gasteiger partial charge in [-0.15, -0.1) is 0 Å². The van der Waals surface area contributed by atoms with Gasteiger partial charge >= 0.3 is 6.18 Å². The summed E-state index contributed by atoms with van der Waals surface area (Å²) < 4.78 is 38.1. The van der Waals surface area contributed by atoms with E-state index >= 15 is 0 Å². The number of piperidine rings is 1. The van der Waals surface area contributed by atoms with Crippen molar-refractivity contribution in [3.05, 3.63) is 0 Å². The molecule has 0 aromatic heterocycles. The Morgan fingerprint density at radius 3 is 2.56 bits per heavy atom. The minimum absolute atomic E-state index is 0.0442. The molecular formula is C12H23F3N2O. The van der Waals surface area contributed by atoms with Crippen molar-refractivity contribution in [1.29, 1.82) is 0 Å². The van der Waals surface area contributed by atoms with Crippen molar-refractivity contribution in [3.8, 4) is 0 Å². The summed E-state index contributed by atoms with van der Waals surface area (Å²) in [4.78, 5) is 1.84. The molecule has 0 bridgehead atoms. The van der Waals surface area contributed by atoms with Gasteiger partial charge in [0.1, 0.15) is 0 Å². The predicted molar refractivity (Wildman–Crippen MR) is 64.1 cm³/mol. The highest BCUT2D eigenvalue weighted by molar-refractivity contribution is 4.87. The summed E-state index contributed by atoms with van der Waals surface area (Å²) >= 11 is 0. The number of aliphatic hydroxyl groups is 1. The lowest BCUT2D eigenvalue weighted by Gasteiger charge is -2.39. The zero-order valence-electron chi connectivity index (χ0n) is 11.0. The van der Waals surface area contributed by atoms with Crippen LogP contribution in [0, 0.1) is 5.92 Å². The van der Waals surface area contributed by atoms with E-state index in [1.807, 2.05) is 11.8 Å². The number of likely N-dealkylation sites (tertiary alicyclic amines) is 1. The van der Waals surface area contributed by atoms with Gasteiger partial charge in [0, 0.05) is 18.1 Å². The first-order chi connectivity index (χ1) is 8.15. The van der Waals surface area contributed by atoms with Gasteiger partial charge in [0.15, 0.2) is 0 Å². The third-order valence-corrected chi connectivity index (χ3v) is 3.66. The van der Waals surface area contributed by atoms with Crippen LogP contribution in [0.5, 0.6) is 0 Å². The SMILES string of the molecule is CC(CC(C)(N)CO)N1CCCC(C(F)(F)F)C1. The second kappa shape index (κ2) is 5.75. The van der Waals surface area contributed by atoms with E-state index in [0.29, 0.717) is 19.4 Å². The molecule has 0 aliphatic carbocycles. The molecule has 1 rings (SSSR count). The van der Waals surface area contributed by atoms with Crippen molar-refractivity contribution in [1.82, 2.24) is 4.90 Å². The molecule has 6 heteroatoms. The Balaban J connectivity index is 2.56. The molecule has 0 radical (unpaired) electrons. The Morgan fingerprint density at radius 2 is 2.06 bits per heavy atom. The molecule has 0 aromatic carbocycles. The number of hydrogen-bond donors (Lipinski definition) is 2. The normalized spacial score (nSPS) is 27.8. The van der Waals surface area contributed by atoms with Crippen molar-refractivity contribution in [2.45, 2.75) is 50.9 Å². The van der Waals surface area contributed by atoms with Crippen LogP contribution in [0.3, 0.4) is 0 Å². The average molecular weight is 268 g/mol. The number of hydrogen-bond acceptors (Lipinski definition) is 3. The molecule has 1 aliphatic rings. The molecular weight excluding hydrogens is 245 g/mol. The predicted octanol–water partition coefficient (Wildman–Crippen LogP) is 1.75.